The van der Waals surface area contributed by atoms with Crippen LogP contribution in [0.4, 0.5) is 5.69 Å². The molecule has 0 bridgehead atoms. The Kier molecular flexibility index (Phi) is 6.08. The van der Waals surface area contributed by atoms with Crippen molar-refractivity contribution in [3.05, 3.63) is 29.3 Å². The highest BCUT2D eigenvalue weighted by atomic mass is 35.5. The van der Waals surface area contributed by atoms with Crippen molar-refractivity contribution >= 4 is 24.0 Å². The van der Waals surface area contributed by atoms with Gasteiger partial charge in [0.05, 0.1) is 6.04 Å². The summed E-state index contributed by atoms with van der Waals surface area (Å²) in [6.07, 6.45) is 0.650. The minimum Gasteiger partial charge on any atom is -0.324 e. The van der Waals surface area contributed by atoms with Gasteiger partial charge in [-0.2, -0.15) is 0 Å². The SMILES string of the molecule is CC[C@H](N)C(=O)Nc1cc(C)ccc1C.Cl. The largest absolute Gasteiger partial charge is 0.324 e. The molecule has 1 aromatic carbocycles. The van der Waals surface area contributed by atoms with Crippen LogP contribution in [0.3, 0.4) is 0 Å². The number of hydrogen-bond donors (Lipinski definition) is 2. The molecule has 0 aromatic heterocycles. The van der Waals surface area contributed by atoms with Crippen LogP contribution in [0.15, 0.2) is 18.2 Å². The number of amides is 1. The molecule has 0 heterocycles. The number of anilines is 1. The molecule has 1 atom stereocenters. The van der Waals surface area contributed by atoms with Crippen molar-refractivity contribution in [3.8, 4) is 0 Å². The lowest BCUT2D eigenvalue weighted by Crippen LogP contribution is -2.35. The summed E-state index contributed by atoms with van der Waals surface area (Å²) >= 11 is 0. The number of halogens is 1. The van der Waals surface area contributed by atoms with Gasteiger partial charge in [-0.05, 0) is 37.5 Å². The first-order valence-electron chi connectivity index (χ1n) is 5.18. The number of aryl methyl sites for hydroxylation is 2. The highest BCUT2D eigenvalue weighted by Crippen LogP contribution is 2.16. The molecule has 0 aliphatic heterocycles. The van der Waals surface area contributed by atoms with E-state index in [1.807, 2.05) is 39.0 Å². The molecule has 0 spiro atoms. The maximum atomic E-state index is 11.6. The summed E-state index contributed by atoms with van der Waals surface area (Å²) in [5, 5.41) is 2.84. The Bertz CT molecular complexity index is 366. The maximum absolute atomic E-state index is 11.6. The second-order valence-corrected chi connectivity index (χ2v) is 3.82. The van der Waals surface area contributed by atoms with Crippen LogP contribution in [0, 0.1) is 13.8 Å². The fraction of sp³-hybridized carbons (Fsp3) is 0.417. The van der Waals surface area contributed by atoms with E-state index in [-0.39, 0.29) is 18.3 Å². The fourth-order valence-electron chi connectivity index (χ4n) is 1.28. The van der Waals surface area contributed by atoms with Gasteiger partial charge in [0.25, 0.3) is 0 Å². The molecular formula is C12H19ClN2O. The van der Waals surface area contributed by atoms with Gasteiger partial charge in [-0.3, -0.25) is 4.79 Å². The molecule has 0 saturated heterocycles. The standard InChI is InChI=1S/C12H18N2O.ClH/c1-4-10(13)12(15)14-11-7-8(2)5-6-9(11)3;/h5-7,10H,4,13H2,1-3H3,(H,14,15);1H/t10-;/m0./s1. The van der Waals surface area contributed by atoms with E-state index in [0.29, 0.717) is 6.42 Å². The van der Waals surface area contributed by atoms with Crippen molar-refractivity contribution in [1.29, 1.82) is 0 Å². The minimum atomic E-state index is -0.426. The highest BCUT2D eigenvalue weighted by molar-refractivity contribution is 5.95. The number of nitrogens with two attached hydrogens (primary N) is 1. The molecule has 0 unspecified atom stereocenters. The van der Waals surface area contributed by atoms with E-state index in [1.165, 1.54) is 0 Å². The lowest BCUT2D eigenvalue weighted by Gasteiger charge is -2.12. The molecule has 16 heavy (non-hydrogen) atoms. The summed E-state index contributed by atoms with van der Waals surface area (Å²) < 4.78 is 0. The lowest BCUT2D eigenvalue weighted by molar-refractivity contribution is -0.117. The zero-order chi connectivity index (χ0) is 11.4. The van der Waals surface area contributed by atoms with Crippen LogP contribution in [-0.4, -0.2) is 11.9 Å². The lowest BCUT2D eigenvalue weighted by atomic mass is 10.1. The molecule has 3 N–H and O–H groups in total. The second-order valence-electron chi connectivity index (χ2n) is 3.82. The van der Waals surface area contributed by atoms with Crippen molar-refractivity contribution in [2.45, 2.75) is 33.2 Å². The van der Waals surface area contributed by atoms with E-state index in [4.69, 9.17) is 5.73 Å². The summed E-state index contributed by atoms with van der Waals surface area (Å²) in [6.45, 7) is 5.86. The van der Waals surface area contributed by atoms with Crippen LogP contribution in [0.1, 0.15) is 24.5 Å². The molecule has 0 saturated carbocycles. The monoisotopic (exact) mass is 242 g/mol. The predicted molar refractivity (Wildman–Crippen MR) is 70.1 cm³/mol. The van der Waals surface area contributed by atoms with E-state index in [0.717, 1.165) is 16.8 Å². The molecule has 0 aliphatic rings. The minimum absolute atomic E-state index is 0. The molecule has 4 heteroatoms. The Morgan fingerprint density at radius 2 is 2.06 bits per heavy atom. The van der Waals surface area contributed by atoms with Gasteiger partial charge >= 0.3 is 0 Å². The van der Waals surface area contributed by atoms with Crippen molar-refractivity contribution in [2.75, 3.05) is 5.32 Å². The normalized spacial score (nSPS) is 11.5. The van der Waals surface area contributed by atoms with Crippen LogP contribution < -0.4 is 11.1 Å². The van der Waals surface area contributed by atoms with Gasteiger partial charge in [0.1, 0.15) is 0 Å². The van der Waals surface area contributed by atoms with E-state index in [1.54, 1.807) is 0 Å². The summed E-state index contributed by atoms with van der Waals surface area (Å²) in [7, 11) is 0. The number of nitrogens with one attached hydrogen (secondary N) is 1. The second kappa shape index (κ2) is 6.51. The molecular weight excluding hydrogens is 224 g/mol. The zero-order valence-corrected chi connectivity index (χ0v) is 10.7. The third-order valence-electron chi connectivity index (χ3n) is 2.43. The van der Waals surface area contributed by atoms with Crippen molar-refractivity contribution < 1.29 is 4.79 Å². The highest BCUT2D eigenvalue weighted by Gasteiger charge is 2.11. The third-order valence-corrected chi connectivity index (χ3v) is 2.43. The molecule has 90 valence electrons. The zero-order valence-electron chi connectivity index (χ0n) is 9.91. The summed E-state index contributed by atoms with van der Waals surface area (Å²) in [6, 6.07) is 5.54. The molecule has 3 nitrogen and oxygen atoms in total. The van der Waals surface area contributed by atoms with Crippen molar-refractivity contribution in [2.24, 2.45) is 5.73 Å². The number of hydrogen-bond acceptors (Lipinski definition) is 2. The average molecular weight is 243 g/mol. The van der Waals surface area contributed by atoms with Crippen LogP contribution in [0.25, 0.3) is 0 Å². The van der Waals surface area contributed by atoms with Gasteiger partial charge in [-0.25, -0.2) is 0 Å². The molecule has 0 aliphatic carbocycles. The summed E-state index contributed by atoms with van der Waals surface area (Å²) in [5.41, 5.74) is 8.67. The smallest absolute Gasteiger partial charge is 0.241 e. The first kappa shape index (κ1) is 14.9. The van der Waals surface area contributed by atoms with E-state index in [2.05, 4.69) is 5.32 Å². The van der Waals surface area contributed by atoms with Gasteiger partial charge in [-0.1, -0.05) is 19.1 Å². The van der Waals surface area contributed by atoms with Gasteiger partial charge in [0.2, 0.25) is 5.91 Å². The Hall–Kier alpha value is -1.06. The number of benzene rings is 1. The number of carbonyl (C=O) groups is 1. The Morgan fingerprint density at radius 1 is 1.44 bits per heavy atom. The van der Waals surface area contributed by atoms with Crippen molar-refractivity contribution in [3.63, 3.8) is 0 Å². The topological polar surface area (TPSA) is 55.1 Å². The van der Waals surface area contributed by atoms with Crippen LogP contribution in [0.5, 0.6) is 0 Å². The molecule has 1 amide bonds. The van der Waals surface area contributed by atoms with E-state index >= 15 is 0 Å². The summed E-state index contributed by atoms with van der Waals surface area (Å²) in [4.78, 5) is 11.6. The fourth-order valence-corrected chi connectivity index (χ4v) is 1.28. The number of carbonyl (C=O) groups excluding carboxylic acids is 1. The Balaban J connectivity index is 0.00000225. The van der Waals surface area contributed by atoms with Crippen LogP contribution in [-0.2, 0) is 4.79 Å². The van der Waals surface area contributed by atoms with E-state index < -0.39 is 6.04 Å². The van der Waals surface area contributed by atoms with E-state index in [9.17, 15) is 4.79 Å². The van der Waals surface area contributed by atoms with Gasteiger partial charge in [-0.15, -0.1) is 12.4 Å². The Labute approximate surface area is 103 Å². The molecule has 0 fully saturated rings. The first-order chi connectivity index (χ1) is 7.04. The molecule has 0 radical (unpaired) electrons. The Morgan fingerprint density at radius 3 is 2.62 bits per heavy atom. The quantitative estimate of drug-likeness (QED) is 0.855. The predicted octanol–water partition coefficient (Wildman–Crippen LogP) is 2.40. The van der Waals surface area contributed by atoms with Gasteiger partial charge < -0.3 is 11.1 Å². The molecule has 1 rings (SSSR count). The van der Waals surface area contributed by atoms with Crippen LogP contribution >= 0.6 is 12.4 Å². The van der Waals surface area contributed by atoms with Gasteiger partial charge in [0.15, 0.2) is 0 Å². The first-order valence-corrected chi connectivity index (χ1v) is 5.18. The van der Waals surface area contributed by atoms with Gasteiger partial charge in [0, 0.05) is 5.69 Å². The average Bonchev–Trinajstić information content (AvgIpc) is 2.22. The maximum Gasteiger partial charge on any atom is 0.241 e. The van der Waals surface area contributed by atoms with Crippen molar-refractivity contribution in [1.82, 2.24) is 0 Å². The third kappa shape index (κ3) is 3.83. The number of rotatable bonds is 3. The molecule has 1 aromatic rings. The summed E-state index contributed by atoms with van der Waals surface area (Å²) in [5.74, 6) is -0.119. The van der Waals surface area contributed by atoms with Crippen LogP contribution in [0.2, 0.25) is 0 Å².